The summed E-state index contributed by atoms with van der Waals surface area (Å²) < 4.78 is 0. The summed E-state index contributed by atoms with van der Waals surface area (Å²) in [6.07, 6.45) is 1.87. The van der Waals surface area contributed by atoms with Gasteiger partial charge < -0.3 is 4.90 Å². The summed E-state index contributed by atoms with van der Waals surface area (Å²) in [6.45, 7) is 2.62. The smallest absolute Gasteiger partial charge is 0.274 e. The van der Waals surface area contributed by atoms with Gasteiger partial charge in [0.25, 0.3) is 17.4 Å². The highest BCUT2D eigenvalue weighted by atomic mass is 16.6. The number of piperazine rings is 1. The molecule has 0 spiro atoms. The number of non-ortho nitro benzene ring substituents is 1. The molecule has 23 heavy (non-hydrogen) atoms. The van der Waals surface area contributed by atoms with Crippen molar-refractivity contribution in [2.24, 2.45) is 0 Å². The van der Waals surface area contributed by atoms with E-state index < -0.39 is 4.92 Å². The number of H-pyrrole nitrogens is 1. The lowest BCUT2D eigenvalue weighted by Crippen LogP contribution is -2.50. The molecule has 1 amide bonds. The number of nitro groups is 1. The van der Waals surface area contributed by atoms with Gasteiger partial charge >= 0.3 is 0 Å². The minimum Gasteiger partial charge on any atom is -0.331 e. The van der Waals surface area contributed by atoms with Crippen LogP contribution in [-0.2, 0) is 0 Å². The molecule has 0 bridgehead atoms. The summed E-state index contributed by atoms with van der Waals surface area (Å²) in [5.74, 6) is 0.861. The molecule has 0 radical (unpaired) electrons. The standard InChI is InChI=1S/C16H16N4O3/c21-16(13-4-3-5-14(12-13)20(22)23)19-10-8-18(9-11-19)15-6-1-2-7-17-15/h1-7,12H,8-11H2/p+1. The van der Waals surface area contributed by atoms with Crippen LogP contribution in [0.5, 0.6) is 0 Å². The lowest BCUT2D eigenvalue weighted by atomic mass is 10.1. The number of rotatable bonds is 3. The number of pyridine rings is 1. The van der Waals surface area contributed by atoms with Crippen molar-refractivity contribution in [1.82, 2.24) is 4.90 Å². The molecule has 1 aromatic carbocycles. The predicted octanol–water partition coefficient (Wildman–Crippen LogP) is 1.37. The van der Waals surface area contributed by atoms with Crippen molar-refractivity contribution in [2.75, 3.05) is 31.1 Å². The van der Waals surface area contributed by atoms with Crippen LogP contribution in [-0.4, -0.2) is 41.9 Å². The minimum atomic E-state index is -0.486. The molecule has 1 fully saturated rings. The van der Waals surface area contributed by atoms with Crippen LogP contribution in [0.4, 0.5) is 11.5 Å². The Morgan fingerprint density at radius 1 is 1.09 bits per heavy atom. The first kappa shape index (κ1) is 15.0. The maximum absolute atomic E-state index is 12.5. The number of aromatic nitrogens is 1. The summed E-state index contributed by atoms with van der Waals surface area (Å²) in [5.41, 5.74) is 0.298. The van der Waals surface area contributed by atoms with E-state index in [1.807, 2.05) is 24.4 Å². The van der Waals surface area contributed by atoms with E-state index in [0.717, 1.165) is 18.9 Å². The van der Waals surface area contributed by atoms with Crippen molar-refractivity contribution < 1.29 is 14.7 Å². The van der Waals surface area contributed by atoms with Crippen LogP contribution >= 0.6 is 0 Å². The molecule has 1 saturated heterocycles. The first-order chi connectivity index (χ1) is 11.1. The van der Waals surface area contributed by atoms with Gasteiger partial charge in [0.05, 0.1) is 24.2 Å². The minimum absolute atomic E-state index is 0.0617. The number of nitro benzene ring substituents is 1. The molecule has 1 aliphatic rings. The van der Waals surface area contributed by atoms with E-state index in [4.69, 9.17) is 0 Å². The number of nitrogens with one attached hydrogen (secondary N) is 1. The van der Waals surface area contributed by atoms with Crippen LogP contribution in [0, 0.1) is 10.1 Å². The van der Waals surface area contributed by atoms with E-state index in [1.165, 1.54) is 12.1 Å². The number of aromatic amines is 1. The summed E-state index contributed by atoms with van der Waals surface area (Å²) in [7, 11) is 0. The van der Waals surface area contributed by atoms with Gasteiger partial charge in [-0.15, -0.1) is 0 Å². The van der Waals surface area contributed by atoms with E-state index in [-0.39, 0.29) is 11.6 Å². The van der Waals surface area contributed by atoms with Crippen molar-refractivity contribution in [3.63, 3.8) is 0 Å². The van der Waals surface area contributed by atoms with Crippen molar-refractivity contribution in [3.05, 3.63) is 64.3 Å². The van der Waals surface area contributed by atoms with Gasteiger partial charge in [-0.05, 0) is 12.1 Å². The Balaban J connectivity index is 1.66. The fourth-order valence-electron chi connectivity index (χ4n) is 2.67. The molecule has 2 aromatic rings. The Morgan fingerprint density at radius 2 is 1.87 bits per heavy atom. The third kappa shape index (κ3) is 3.28. The summed E-state index contributed by atoms with van der Waals surface area (Å²) in [6, 6.07) is 11.8. The van der Waals surface area contributed by atoms with Crippen molar-refractivity contribution in [3.8, 4) is 0 Å². The third-order valence-corrected chi connectivity index (χ3v) is 3.90. The molecule has 0 atom stereocenters. The monoisotopic (exact) mass is 313 g/mol. The maximum Gasteiger partial charge on any atom is 0.274 e. The highest BCUT2D eigenvalue weighted by molar-refractivity contribution is 5.95. The average molecular weight is 313 g/mol. The van der Waals surface area contributed by atoms with Gasteiger partial charge in [-0.2, -0.15) is 0 Å². The molecular formula is C16H17N4O3+. The molecule has 118 valence electrons. The zero-order valence-electron chi connectivity index (χ0n) is 12.5. The Bertz CT molecular complexity index is 712. The van der Waals surface area contributed by atoms with Crippen LogP contribution in [0.25, 0.3) is 0 Å². The molecule has 0 saturated carbocycles. The third-order valence-electron chi connectivity index (χ3n) is 3.90. The molecule has 1 aromatic heterocycles. The zero-order valence-corrected chi connectivity index (χ0v) is 12.5. The predicted molar refractivity (Wildman–Crippen MR) is 84.2 cm³/mol. The molecule has 1 N–H and O–H groups in total. The summed E-state index contributed by atoms with van der Waals surface area (Å²) in [4.78, 5) is 29.9. The maximum atomic E-state index is 12.5. The quantitative estimate of drug-likeness (QED) is 0.633. The zero-order chi connectivity index (χ0) is 16.2. The van der Waals surface area contributed by atoms with E-state index in [1.54, 1.807) is 17.0 Å². The summed E-state index contributed by atoms with van der Waals surface area (Å²) >= 11 is 0. The molecule has 7 heteroatoms. The van der Waals surface area contributed by atoms with Crippen molar-refractivity contribution >= 4 is 17.4 Å². The highest BCUT2D eigenvalue weighted by Gasteiger charge is 2.27. The average Bonchev–Trinajstić information content (AvgIpc) is 2.62. The van der Waals surface area contributed by atoms with Gasteiger partial charge in [0, 0.05) is 23.8 Å². The Hall–Kier alpha value is -2.96. The molecule has 3 rings (SSSR count). The van der Waals surface area contributed by atoms with E-state index in [2.05, 4.69) is 9.88 Å². The van der Waals surface area contributed by atoms with Crippen molar-refractivity contribution in [1.29, 1.82) is 0 Å². The lowest BCUT2D eigenvalue weighted by molar-refractivity contribution is -0.384. The van der Waals surface area contributed by atoms with Gasteiger partial charge in [0.2, 0.25) is 0 Å². The van der Waals surface area contributed by atoms with E-state index >= 15 is 0 Å². The number of hydrogen-bond acceptors (Lipinski definition) is 4. The number of amides is 1. The van der Waals surface area contributed by atoms with Gasteiger partial charge in [-0.1, -0.05) is 12.1 Å². The number of carbonyl (C=O) groups is 1. The van der Waals surface area contributed by atoms with Crippen LogP contribution in [0.15, 0.2) is 48.7 Å². The summed E-state index contributed by atoms with van der Waals surface area (Å²) in [5, 5.41) is 10.8. The largest absolute Gasteiger partial charge is 0.331 e. The highest BCUT2D eigenvalue weighted by Crippen LogP contribution is 2.17. The van der Waals surface area contributed by atoms with Gasteiger partial charge in [0.1, 0.15) is 13.1 Å². The molecule has 1 aliphatic heterocycles. The van der Waals surface area contributed by atoms with Crippen LogP contribution in [0.3, 0.4) is 0 Å². The number of carbonyl (C=O) groups excluding carboxylic acids is 1. The molecule has 2 heterocycles. The van der Waals surface area contributed by atoms with Crippen molar-refractivity contribution in [2.45, 2.75) is 0 Å². The second-order valence-corrected chi connectivity index (χ2v) is 5.33. The van der Waals surface area contributed by atoms with Crippen LogP contribution < -0.4 is 9.88 Å². The van der Waals surface area contributed by atoms with Gasteiger partial charge in [-0.25, -0.2) is 4.98 Å². The molecule has 7 nitrogen and oxygen atoms in total. The van der Waals surface area contributed by atoms with Gasteiger partial charge in [-0.3, -0.25) is 19.8 Å². The Morgan fingerprint density at radius 3 is 2.52 bits per heavy atom. The van der Waals surface area contributed by atoms with E-state index in [9.17, 15) is 14.9 Å². The molecular weight excluding hydrogens is 296 g/mol. The topological polar surface area (TPSA) is 80.8 Å². The van der Waals surface area contributed by atoms with E-state index in [0.29, 0.717) is 18.7 Å². The Labute approximate surface area is 133 Å². The second-order valence-electron chi connectivity index (χ2n) is 5.33. The number of anilines is 1. The Kier molecular flexibility index (Phi) is 4.18. The first-order valence-corrected chi connectivity index (χ1v) is 7.40. The lowest BCUT2D eigenvalue weighted by Gasteiger charge is -2.31. The fraction of sp³-hybridized carbons (Fsp3) is 0.250. The van der Waals surface area contributed by atoms with Crippen LogP contribution in [0.1, 0.15) is 10.4 Å². The second kappa shape index (κ2) is 6.43. The first-order valence-electron chi connectivity index (χ1n) is 7.40. The van der Waals surface area contributed by atoms with Crippen LogP contribution in [0.2, 0.25) is 0 Å². The SMILES string of the molecule is O=C(c1cccc([N+](=O)[O-])c1)N1CCN(c2cccc[nH+]2)CC1. The number of hydrogen-bond donors (Lipinski definition) is 0. The fourth-order valence-corrected chi connectivity index (χ4v) is 2.67. The number of nitrogens with zero attached hydrogens (tertiary/aromatic N) is 3. The normalized spacial score (nSPS) is 14.6. The molecule has 0 aliphatic carbocycles. The number of benzene rings is 1. The van der Waals surface area contributed by atoms with Gasteiger partial charge in [0.15, 0.2) is 0 Å². The molecule has 0 unspecified atom stereocenters.